The second-order valence-corrected chi connectivity index (χ2v) is 11.2. The van der Waals surface area contributed by atoms with Gasteiger partial charge in [-0.2, -0.15) is 10.0 Å². The molecule has 0 bridgehead atoms. The minimum Gasteiger partial charge on any atom is -0.490 e. The lowest BCUT2D eigenvalue weighted by atomic mass is 10.1. The molecule has 2 aromatic rings. The van der Waals surface area contributed by atoms with E-state index in [0.717, 1.165) is 34.2 Å². The summed E-state index contributed by atoms with van der Waals surface area (Å²) in [6.45, 7) is 4.47. The number of sulfone groups is 1. The van der Waals surface area contributed by atoms with Gasteiger partial charge in [-0.05, 0) is 54.9 Å². The Hall–Kier alpha value is -3.15. The molecule has 1 amide bonds. The first-order chi connectivity index (χ1) is 16.6. The van der Waals surface area contributed by atoms with Gasteiger partial charge in [0.05, 0.1) is 17.2 Å². The second kappa shape index (κ2) is 9.84. The van der Waals surface area contributed by atoms with Gasteiger partial charge in [-0.3, -0.25) is 10.2 Å². The number of halogens is 1. The van der Waals surface area contributed by atoms with Crippen molar-refractivity contribution in [2.45, 2.75) is 20.5 Å². The number of nitrogens with one attached hydrogen (secondary N) is 1. The van der Waals surface area contributed by atoms with E-state index in [0.29, 0.717) is 23.7 Å². The number of carbonyl (C=O) groups is 1. The lowest BCUT2D eigenvalue weighted by Crippen LogP contribution is -2.35. The fourth-order valence-electron chi connectivity index (χ4n) is 3.21. The zero-order valence-corrected chi connectivity index (χ0v) is 21.4. The van der Waals surface area contributed by atoms with Gasteiger partial charge in [-0.1, -0.05) is 41.4 Å². The molecule has 35 heavy (non-hydrogen) atoms. The monoisotopic (exact) mass is 532 g/mol. The van der Waals surface area contributed by atoms with Crippen LogP contribution < -0.4 is 9.47 Å². The molecule has 0 aliphatic carbocycles. The Morgan fingerprint density at radius 1 is 1.20 bits per heavy atom. The zero-order chi connectivity index (χ0) is 25.3. The van der Waals surface area contributed by atoms with E-state index < -0.39 is 15.7 Å². The highest BCUT2D eigenvalue weighted by Crippen LogP contribution is 2.38. The summed E-state index contributed by atoms with van der Waals surface area (Å²) in [6, 6.07) is 11.1. The van der Waals surface area contributed by atoms with Gasteiger partial charge in [-0.25, -0.2) is 8.42 Å². The maximum Gasteiger partial charge on any atom is 0.283 e. The number of hydrogen-bond acceptors (Lipinski definition) is 8. The van der Waals surface area contributed by atoms with Crippen molar-refractivity contribution in [3.8, 4) is 11.5 Å². The number of hydrogen-bond donors (Lipinski definition) is 1. The minimum atomic E-state index is -3.61. The Morgan fingerprint density at radius 2 is 1.91 bits per heavy atom. The van der Waals surface area contributed by atoms with Crippen LogP contribution in [-0.2, 0) is 21.2 Å². The van der Waals surface area contributed by atoms with Crippen LogP contribution in [0.15, 0.2) is 52.1 Å². The number of carbonyl (C=O) groups excluding carboxylic acids is 1. The van der Waals surface area contributed by atoms with Crippen LogP contribution in [0.25, 0.3) is 6.08 Å². The molecular weight excluding hydrogens is 512 g/mol. The lowest BCUT2D eigenvalue weighted by molar-refractivity contribution is -0.114. The van der Waals surface area contributed by atoms with E-state index in [9.17, 15) is 13.2 Å². The number of ether oxygens (including phenoxy) is 2. The number of amides is 1. The molecule has 9 nitrogen and oxygen atoms in total. The molecule has 2 aromatic carbocycles. The van der Waals surface area contributed by atoms with Gasteiger partial charge >= 0.3 is 0 Å². The first-order valence-corrected chi connectivity index (χ1v) is 13.5. The lowest BCUT2D eigenvalue weighted by Gasteiger charge is -2.20. The first kappa shape index (κ1) is 25.0. The number of amidine groups is 2. The third-order valence-corrected chi connectivity index (χ3v) is 7.76. The molecule has 0 fully saturated rings. The molecule has 0 aromatic heterocycles. The van der Waals surface area contributed by atoms with Crippen LogP contribution in [0.4, 0.5) is 0 Å². The molecule has 0 spiro atoms. The van der Waals surface area contributed by atoms with Crippen molar-refractivity contribution in [1.82, 2.24) is 5.01 Å². The number of nitrogens with zero attached hydrogens (tertiary/aromatic N) is 3. The maximum absolute atomic E-state index is 12.6. The van der Waals surface area contributed by atoms with Crippen molar-refractivity contribution in [2.75, 3.05) is 12.9 Å². The highest BCUT2D eigenvalue weighted by Gasteiger charge is 2.38. The van der Waals surface area contributed by atoms with Crippen molar-refractivity contribution < 1.29 is 22.7 Å². The van der Waals surface area contributed by atoms with E-state index in [1.165, 1.54) is 6.08 Å². The van der Waals surface area contributed by atoms with E-state index in [4.69, 9.17) is 26.5 Å². The molecule has 12 heteroatoms. The molecule has 4 rings (SSSR count). The summed E-state index contributed by atoms with van der Waals surface area (Å²) >= 11 is 7.23. The summed E-state index contributed by atoms with van der Waals surface area (Å²) < 4.78 is 35.1. The topological polar surface area (TPSA) is 121 Å². The Morgan fingerprint density at radius 3 is 2.57 bits per heavy atom. The van der Waals surface area contributed by atoms with Gasteiger partial charge in [0, 0.05) is 6.26 Å². The van der Waals surface area contributed by atoms with Crippen LogP contribution in [0.5, 0.6) is 11.5 Å². The normalized spacial score (nSPS) is 16.8. The van der Waals surface area contributed by atoms with Crippen molar-refractivity contribution >= 4 is 60.6 Å². The van der Waals surface area contributed by atoms with E-state index >= 15 is 0 Å². The van der Waals surface area contributed by atoms with Crippen LogP contribution in [0.1, 0.15) is 23.6 Å². The Labute approximate surface area is 211 Å². The third kappa shape index (κ3) is 5.42. The van der Waals surface area contributed by atoms with Crippen LogP contribution >= 0.6 is 23.4 Å². The summed E-state index contributed by atoms with van der Waals surface area (Å²) in [5.74, 6) is -0.237. The van der Waals surface area contributed by atoms with Crippen molar-refractivity contribution in [3.63, 3.8) is 0 Å². The van der Waals surface area contributed by atoms with Gasteiger partial charge < -0.3 is 9.47 Å². The third-order valence-electron chi connectivity index (χ3n) is 4.90. The number of aryl methyl sites for hydroxylation is 1. The number of hydrazone groups is 1. The molecule has 1 N–H and O–H groups in total. The van der Waals surface area contributed by atoms with Crippen molar-refractivity contribution in [1.29, 1.82) is 5.41 Å². The maximum atomic E-state index is 12.6. The summed E-state index contributed by atoms with van der Waals surface area (Å²) in [5.41, 5.74) is 2.52. The zero-order valence-electron chi connectivity index (χ0n) is 19.0. The Bertz CT molecular complexity index is 1420. The van der Waals surface area contributed by atoms with Crippen molar-refractivity contribution in [2.24, 2.45) is 10.1 Å². The predicted molar refractivity (Wildman–Crippen MR) is 138 cm³/mol. The largest absolute Gasteiger partial charge is 0.490 e. The number of aliphatic imine (C=N–C) groups is 1. The fraction of sp³-hybridized carbons (Fsp3) is 0.217. The van der Waals surface area contributed by atoms with E-state index in [-0.39, 0.29) is 32.6 Å². The van der Waals surface area contributed by atoms with Crippen LogP contribution in [0.2, 0.25) is 5.02 Å². The van der Waals surface area contributed by atoms with Crippen LogP contribution in [0, 0.1) is 12.3 Å². The average Bonchev–Trinajstić information content (AvgIpc) is 3.22. The van der Waals surface area contributed by atoms with Gasteiger partial charge in [0.1, 0.15) is 6.61 Å². The Kier molecular flexibility index (Phi) is 7.02. The number of benzene rings is 2. The molecular formula is C23H21ClN4O5S2. The fourth-order valence-corrected chi connectivity index (χ4v) is 5.16. The summed E-state index contributed by atoms with van der Waals surface area (Å²) in [5, 5.41) is 13.6. The smallest absolute Gasteiger partial charge is 0.283 e. The Balaban J connectivity index is 1.64. The van der Waals surface area contributed by atoms with Crippen LogP contribution in [0.3, 0.4) is 0 Å². The predicted octanol–water partition coefficient (Wildman–Crippen LogP) is 4.25. The van der Waals surface area contributed by atoms with E-state index in [1.54, 1.807) is 12.1 Å². The van der Waals surface area contributed by atoms with Gasteiger partial charge in [-0.15, -0.1) is 5.10 Å². The highest BCUT2D eigenvalue weighted by molar-refractivity contribution is 8.42. The number of fused-ring (bicyclic) bond motifs is 1. The van der Waals surface area contributed by atoms with E-state index in [2.05, 4.69) is 10.1 Å². The molecule has 2 aliphatic heterocycles. The quantitative estimate of drug-likeness (QED) is 0.552. The standard InChI is InChI=1S/C23H21ClN4O5S2/c1-4-32-18-11-15(10-17(24)19(18)33-12-14-7-5-13(2)6-8-14)9-16-20(25)28-22(26-21(16)29)34-23(27-28)35(3,30)31/h5-11,25H,4,12H2,1-3H3/b16-9-,25-20?. The van der Waals surface area contributed by atoms with Crippen molar-refractivity contribution in [3.05, 3.63) is 63.7 Å². The first-order valence-electron chi connectivity index (χ1n) is 10.4. The van der Waals surface area contributed by atoms with Gasteiger partial charge in [0.15, 0.2) is 17.3 Å². The van der Waals surface area contributed by atoms with E-state index in [1.807, 2.05) is 38.1 Å². The van der Waals surface area contributed by atoms with Gasteiger partial charge in [0.2, 0.25) is 19.4 Å². The van der Waals surface area contributed by atoms with Crippen LogP contribution in [-0.4, -0.2) is 47.6 Å². The molecule has 0 radical (unpaired) electrons. The molecule has 2 heterocycles. The van der Waals surface area contributed by atoms with Gasteiger partial charge in [0.25, 0.3) is 5.91 Å². The summed E-state index contributed by atoms with van der Waals surface area (Å²) in [7, 11) is -3.61. The highest BCUT2D eigenvalue weighted by atomic mass is 35.5. The minimum absolute atomic E-state index is 0.0190. The molecule has 182 valence electrons. The molecule has 0 unspecified atom stereocenters. The molecule has 0 atom stereocenters. The number of rotatable bonds is 6. The number of thioether (sulfide) groups is 1. The second-order valence-electron chi connectivity index (χ2n) is 7.70. The SMILES string of the molecule is CCOc1cc(/C=C2/C(=N)N3N=C(S(C)(=O)=O)SC3=NC2=O)cc(Cl)c1OCc1ccc(C)cc1. The summed E-state index contributed by atoms with van der Waals surface area (Å²) in [4.78, 5) is 16.5. The molecule has 0 saturated heterocycles. The molecule has 0 saturated carbocycles. The molecule has 2 aliphatic rings. The average molecular weight is 533 g/mol. The summed E-state index contributed by atoms with van der Waals surface area (Å²) in [6.07, 6.45) is 2.43.